The second kappa shape index (κ2) is 38.8. The van der Waals surface area contributed by atoms with Crippen LogP contribution in [0.2, 0.25) is 0 Å². The number of hydrogen-bond acceptors (Lipinski definition) is 5. The van der Waals surface area contributed by atoms with Gasteiger partial charge in [0.25, 0.3) is 0 Å². The number of carbonyl (C=O) groups excluding carboxylic acids is 3. The molecule has 1 aliphatic rings. The van der Waals surface area contributed by atoms with Gasteiger partial charge in [0.05, 0.1) is 13.2 Å². The summed E-state index contributed by atoms with van der Waals surface area (Å²) in [5.74, 6) is 0.108. The number of rotatable bonds is 38. The molecule has 7 heteroatoms. The standard InChI is InChI=1S/C50H89N3O4/c1-5-8-11-13-15-17-19-21-23-25-27-29-31-33-35-37-40-57-50(56)47-41-46(52-48(54)43-51-42-45(4)38-10-7-3)44-53(47)49(55)39-36-34-32-30-28-26-24-22-20-18-16-14-12-9-6-2/h15-18,21-24,45-47,51H,5-14,19-20,25-44H2,1-4H3,(H,52,54)/b17-15-,18-16-,23-21-,24-22-/t45-,46?,47?/m1/s1. The number of allylic oxidation sites excluding steroid dienone is 8. The molecule has 0 aromatic heterocycles. The average Bonchev–Trinajstić information content (AvgIpc) is 3.63. The fourth-order valence-corrected chi connectivity index (χ4v) is 7.40. The van der Waals surface area contributed by atoms with Crippen molar-refractivity contribution in [3.8, 4) is 0 Å². The molecule has 57 heavy (non-hydrogen) atoms. The number of ether oxygens (including phenoxy) is 1. The van der Waals surface area contributed by atoms with Gasteiger partial charge >= 0.3 is 5.97 Å². The molecule has 1 rings (SSSR count). The minimum absolute atomic E-state index is 0.00373. The van der Waals surface area contributed by atoms with E-state index in [1.54, 1.807) is 4.90 Å². The summed E-state index contributed by atoms with van der Waals surface area (Å²) in [4.78, 5) is 41.3. The van der Waals surface area contributed by atoms with Gasteiger partial charge in [0.1, 0.15) is 6.04 Å². The number of likely N-dealkylation sites (tertiary alicyclic amines) is 1. The molecule has 328 valence electrons. The van der Waals surface area contributed by atoms with Gasteiger partial charge in [-0.25, -0.2) is 4.79 Å². The lowest BCUT2D eigenvalue weighted by Gasteiger charge is -2.23. The van der Waals surface area contributed by atoms with Gasteiger partial charge in [-0.05, 0) is 95.9 Å². The summed E-state index contributed by atoms with van der Waals surface area (Å²) in [6, 6.07) is -0.878. The first-order valence-corrected chi connectivity index (χ1v) is 24.0. The lowest BCUT2D eigenvalue weighted by molar-refractivity contribution is -0.153. The molecule has 7 nitrogen and oxygen atoms in total. The van der Waals surface area contributed by atoms with Crippen molar-refractivity contribution in [2.24, 2.45) is 5.92 Å². The van der Waals surface area contributed by atoms with Crippen LogP contribution in [0.5, 0.6) is 0 Å². The maximum atomic E-state index is 13.5. The molecule has 0 aliphatic carbocycles. The quantitative estimate of drug-likeness (QED) is 0.0369. The Morgan fingerprint density at radius 1 is 0.632 bits per heavy atom. The topological polar surface area (TPSA) is 87.7 Å². The Morgan fingerprint density at radius 3 is 1.67 bits per heavy atom. The number of carbonyl (C=O) groups is 3. The first kappa shape index (κ1) is 52.3. The zero-order chi connectivity index (χ0) is 41.4. The molecule has 1 fully saturated rings. The van der Waals surface area contributed by atoms with Gasteiger partial charge in [-0.15, -0.1) is 0 Å². The Labute approximate surface area is 351 Å². The van der Waals surface area contributed by atoms with E-state index in [1.165, 1.54) is 89.9 Å². The summed E-state index contributed by atoms with van der Waals surface area (Å²) < 4.78 is 5.75. The molecular weight excluding hydrogens is 707 g/mol. The van der Waals surface area contributed by atoms with Crippen LogP contribution in [0.3, 0.4) is 0 Å². The fraction of sp³-hybridized carbons (Fsp3) is 0.780. The van der Waals surface area contributed by atoms with Crippen LogP contribution in [0.25, 0.3) is 0 Å². The molecule has 0 saturated carbocycles. The van der Waals surface area contributed by atoms with Crippen molar-refractivity contribution >= 4 is 17.8 Å². The number of esters is 1. The van der Waals surface area contributed by atoms with Crippen LogP contribution in [-0.4, -0.2) is 61.0 Å². The maximum absolute atomic E-state index is 13.5. The Balaban J connectivity index is 2.41. The molecule has 3 atom stereocenters. The Bertz CT molecular complexity index is 1100. The summed E-state index contributed by atoms with van der Waals surface area (Å²) in [5.41, 5.74) is 0. The van der Waals surface area contributed by atoms with E-state index in [2.05, 4.69) is 86.9 Å². The second-order valence-electron chi connectivity index (χ2n) is 16.7. The van der Waals surface area contributed by atoms with Crippen LogP contribution >= 0.6 is 0 Å². The van der Waals surface area contributed by atoms with E-state index in [9.17, 15) is 14.4 Å². The summed E-state index contributed by atoms with van der Waals surface area (Å²) in [5, 5.41) is 6.38. The highest BCUT2D eigenvalue weighted by Crippen LogP contribution is 2.22. The SMILES string of the molecule is CCCCC/C=C\C/C=C\CCCCCCCCOC(=O)C1CC(NC(=O)CNC[C@H](C)CCCC)CN1C(=O)CCCCCCC/C=C\C/C=C\CCCCC. The van der Waals surface area contributed by atoms with Gasteiger partial charge in [0, 0.05) is 25.4 Å². The minimum Gasteiger partial charge on any atom is -0.464 e. The van der Waals surface area contributed by atoms with Crippen molar-refractivity contribution in [1.82, 2.24) is 15.5 Å². The molecule has 0 bridgehead atoms. The molecule has 1 saturated heterocycles. The minimum atomic E-state index is -0.632. The molecule has 0 radical (unpaired) electrons. The highest BCUT2D eigenvalue weighted by atomic mass is 16.5. The van der Waals surface area contributed by atoms with Crippen molar-refractivity contribution in [3.63, 3.8) is 0 Å². The highest BCUT2D eigenvalue weighted by Gasteiger charge is 2.40. The summed E-state index contributed by atoms with van der Waals surface area (Å²) in [7, 11) is 0. The zero-order valence-electron chi connectivity index (χ0n) is 37.6. The fourth-order valence-electron chi connectivity index (χ4n) is 7.40. The van der Waals surface area contributed by atoms with Crippen molar-refractivity contribution in [2.75, 3.05) is 26.2 Å². The normalized spacial score (nSPS) is 16.5. The highest BCUT2D eigenvalue weighted by molar-refractivity contribution is 5.86. The van der Waals surface area contributed by atoms with E-state index >= 15 is 0 Å². The Morgan fingerprint density at radius 2 is 1.12 bits per heavy atom. The third-order valence-corrected chi connectivity index (χ3v) is 11.0. The predicted octanol–water partition coefficient (Wildman–Crippen LogP) is 12.7. The van der Waals surface area contributed by atoms with Crippen molar-refractivity contribution in [3.05, 3.63) is 48.6 Å². The molecule has 2 unspecified atom stereocenters. The number of unbranched alkanes of at least 4 members (excludes halogenated alkanes) is 18. The van der Waals surface area contributed by atoms with Gasteiger partial charge in [0.15, 0.2) is 0 Å². The molecule has 2 amide bonds. The van der Waals surface area contributed by atoms with Crippen LogP contribution in [0.15, 0.2) is 48.6 Å². The van der Waals surface area contributed by atoms with E-state index in [1.807, 2.05) is 0 Å². The van der Waals surface area contributed by atoms with Crippen LogP contribution in [0.4, 0.5) is 0 Å². The molecule has 1 aliphatic heterocycles. The predicted molar refractivity (Wildman–Crippen MR) is 243 cm³/mol. The zero-order valence-corrected chi connectivity index (χ0v) is 37.6. The van der Waals surface area contributed by atoms with Gasteiger partial charge < -0.3 is 20.3 Å². The third-order valence-electron chi connectivity index (χ3n) is 11.0. The summed E-state index contributed by atoms with van der Waals surface area (Å²) in [6.07, 6.45) is 49.1. The number of nitrogens with zero attached hydrogens (tertiary/aromatic N) is 1. The molecule has 1 heterocycles. The van der Waals surface area contributed by atoms with E-state index in [4.69, 9.17) is 4.74 Å². The second-order valence-corrected chi connectivity index (χ2v) is 16.7. The summed E-state index contributed by atoms with van der Waals surface area (Å²) in [6.45, 7) is 10.7. The largest absolute Gasteiger partial charge is 0.464 e. The number of hydrogen-bond donors (Lipinski definition) is 2. The Kier molecular flexibility index (Phi) is 35.7. The monoisotopic (exact) mass is 796 g/mol. The first-order valence-electron chi connectivity index (χ1n) is 24.0. The molecule has 0 aromatic rings. The smallest absolute Gasteiger partial charge is 0.328 e. The lowest BCUT2D eigenvalue weighted by atomic mass is 10.0. The molecule has 0 aromatic carbocycles. The van der Waals surface area contributed by atoms with E-state index in [0.717, 1.165) is 83.6 Å². The van der Waals surface area contributed by atoms with Crippen LogP contribution in [0.1, 0.15) is 207 Å². The molecule has 0 spiro atoms. The van der Waals surface area contributed by atoms with E-state index in [-0.39, 0.29) is 30.4 Å². The maximum Gasteiger partial charge on any atom is 0.328 e. The van der Waals surface area contributed by atoms with Crippen molar-refractivity contribution in [2.45, 2.75) is 220 Å². The van der Waals surface area contributed by atoms with Gasteiger partial charge in [-0.3, -0.25) is 9.59 Å². The number of amides is 2. The molecule has 2 N–H and O–H groups in total. The van der Waals surface area contributed by atoms with Crippen molar-refractivity contribution in [1.29, 1.82) is 0 Å². The molecular formula is C50H89N3O4. The van der Waals surface area contributed by atoms with Gasteiger partial charge in [-0.2, -0.15) is 0 Å². The average molecular weight is 796 g/mol. The lowest BCUT2D eigenvalue weighted by Crippen LogP contribution is -2.43. The van der Waals surface area contributed by atoms with Gasteiger partial charge in [0.2, 0.25) is 11.8 Å². The van der Waals surface area contributed by atoms with E-state index < -0.39 is 6.04 Å². The van der Waals surface area contributed by atoms with Gasteiger partial charge in [-0.1, -0.05) is 160 Å². The van der Waals surface area contributed by atoms with Crippen molar-refractivity contribution < 1.29 is 19.1 Å². The van der Waals surface area contributed by atoms with E-state index in [0.29, 0.717) is 31.9 Å². The summed E-state index contributed by atoms with van der Waals surface area (Å²) >= 11 is 0. The number of nitrogens with one attached hydrogen (secondary N) is 2. The van der Waals surface area contributed by atoms with Crippen LogP contribution in [0, 0.1) is 5.92 Å². The van der Waals surface area contributed by atoms with Crippen LogP contribution < -0.4 is 10.6 Å². The van der Waals surface area contributed by atoms with Crippen LogP contribution in [-0.2, 0) is 19.1 Å². The first-order chi connectivity index (χ1) is 27.9. The third kappa shape index (κ3) is 31.0. The Hall–Kier alpha value is -2.67.